The van der Waals surface area contributed by atoms with Crippen molar-refractivity contribution in [3.05, 3.63) is 35.8 Å². The van der Waals surface area contributed by atoms with Crippen molar-refractivity contribution >= 4 is 32.0 Å². The Balaban J connectivity index is 1.48. The molecule has 2 aliphatic heterocycles. The minimum Gasteiger partial charge on any atom is -0.381 e. The first kappa shape index (κ1) is 19.2. The lowest BCUT2D eigenvalue weighted by molar-refractivity contribution is 0.0688. The van der Waals surface area contributed by atoms with Crippen molar-refractivity contribution in [1.29, 1.82) is 5.26 Å². The SMILES string of the molecule is N#Cc1ccc2ncc3nc(C4CN(S(=O)(=O)C5CC5)C4)n(C4CCOCC4)c3c2c1. The van der Waals surface area contributed by atoms with Gasteiger partial charge < -0.3 is 9.30 Å². The van der Waals surface area contributed by atoms with E-state index in [0.717, 1.165) is 53.4 Å². The molecule has 31 heavy (non-hydrogen) atoms. The first-order valence-corrected chi connectivity index (χ1v) is 12.3. The van der Waals surface area contributed by atoms with Gasteiger partial charge in [0.2, 0.25) is 10.0 Å². The van der Waals surface area contributed by atoms with E-state index in [0.29, 0.717) is 31.9 Å². The van der Waals surface area contributed by atoms with E-state index in [2.05, 4.69) is 15.6 Å². The number of aromatic nitrogens is 3. The summed E-state index contributed by atoms with van der Waals surface area (Å²) in [4.78, 5) is 9.50. The van der Waals surface area contributed by atoms with Crippen LogP contribution in [0.25, 0.3) is 21.9 Å². The molecule has 3 aliphatic rings. The van der Waals surface area contributed by atoms with Crippen LogP contribution in [0.4, 0.5) is 0 Å². The van der Waals surface area contributed by atoms with Crippen molar-refractivity contribution in [3.63, 3.8) is 0 Å². The van der Waals surface area contributed by atoms with Crippen LogP contribution in [0, 0.1) is 11.3 Å². The third-order valence-electron chi connectivity index (χ3n) is 6.75. The maximum absolute atomic E-state index is 12.6. The second kappa shape index (κ2) is 6.99. The van der Waals surface area contributed by atoms with Crippen LogP contribution in [0.15, 0.2) is 24.4 Å². The fraction of sp³-hybridized carbons (Fsp3) is 0.500. The first-order valence-electron chi connectivity index (χ1n) is 10.8. The van der Waals surface area contributed by atoms with Gasteiger partial charge in [0.25, 0.3) is 0 Å². The Morgan fingerprint density at radius 2 is 1.87 bits per heavy atom. The summed E-state index contributed by atoms with van der Waals surface area (Å²) in [6.07, 6.45) is 5.13. The van der Waals surface area contributed by atoms with E-state index in [4.69, 9.17) is 9.72 Å². The average molecular weight is 438 g/mol. The molecular weight excluding hydrogens is 414 g/mol. The molecule has 4 heterocycles. The molecule has 6 rings (SSSR count). The zero-order chi connectivity index (χ0) is 21.2. The van der Waals surface area contributed by atoms with Gasteiger partial charge in [-0.05, 0) is 43.9 Å². The van der Waals surface area contributed by atoms with Gasteiger partial charge in [0.15, 0.2) is 0 Å². The average Bonchev–Trinajstić information content (AvgIpc) is 3.55. The number of benzene rings is 1. The minimum atomic E-state index is -3.15. The summed E-state index contributed by atoms with van der Waals surface area (Å²) < 4.78 is 34.7. The highest BCUT2D eigenvalue weighted by atomic mass is 32.2. The number of ether oxygens (including phenoxy) is 1. The highest BCUT2D eigenvalue weighted by molar-refractivity contribution is 7.90. The highest BCUT2D eigenvalue weighted by Crippen LogP contribution is 2.40. The quantitative estimate of drug-likeness (QED) is 0.622. The second-order valence-electron chi connectivity index (χ2n) is 8.78. The summed E-state index contributed by atoms with van der Waals surface area (Å²) in [6, 6.07) is 8.00. The van der Waals surface area contributed by atoms with Gasteiger partial charge in [0.1, 0.15) is 11.3 Å². The van der Waals surface area contributed by atoms with Gasteiger partial charge in [-0.15, -0.1) is 0 Å². The largest absolute Gasteiger partial charge is 0.381 e. The molecule has 1 aromatic carbocycles. The lowest BCUT2D eigenvalue weighted by Gasteiger charge is -2.39. The summed E-state index contributed by atoms with van der Waals surface area (Å²) in [5.41, 5.74) is 3.21. The maximum atomic E-state index is 12.6. The first-order chi connectivity index (χ1) is 15.1. The molecule has 0 unspecified atom stereocenters. The number of sulfonamides is 1. The van der Waals surface area contributed by atoms with Gasteiger partial charge >= 0.3 is 0 Å². The molecule has 3 aromatic rings. The van der Waals surface area contributed by atoms with E-state index in [1.807, 2.05) is 12.1 Å². The molecule has 0 radical (unpaired) electrons. The second-order valence-corrected chi connectivity index (χ2v) is 11.0. The number of pyridine rings is 1. The van der Waals surface area contributed by atoms with Crippen LogP contribution in [-0.2, 0) is 14.8 Å². The van der Waals surface area contributed by atoms with Crippen molar-refractivity contribution in [2.45, 2.75) is 42.9 Å². The smallest absolute Gasteiger partial charge is 0.217 e. The van der Waals surface area contributed by atoms with Crippen LogP contribution in [0.1, 0.15) is 49.0 Å². The zero-order valence-electron chi connectivity index (χ0n) is 17.1. The van der Waals surface area contributed by atoms with Gasteiger partial charge in [-0.1, -0.05) is 0 Å². The number of nitriles is 1. The van der Waals surface area contributed by atoms with Crippen LogP contribution in [0.5, 0.6) is 0 Å². The molecule has 0 spiro atoms. The lowest BCUT2D eigenvalue weighted by atomic mass is 10.0. The number of rotatable bonds is 4. The predicted octanol–water partition coefficient (Wildman–Crippen LogP) is 2.70. The number of hydrogen-bond acceptors (Lipinski definition) is 6. The van der Waals surface area contributed by atoms with Crippen LogP contribution in [0.3, 0.4) is 0 Å². The third kappa shape index (κ3) is 3.04. The Labute approximate surface area is 180 Å². The minimum absolute atomic E-state index is 0.0676. The van der Waals surface area contributed by atoms with Gasteiger partial charge in [-0.3, -0.25) is 4.98 Å². The molecule has 0 bridgehead atoms. The molecule has 0 atom stereocenters. The van der Waals surface area contributed by atoms with E-state index in [9.17, 15) is 13.7 Å². The van der Waals surface area contributed by atoms with Gasteiger partial charge in [0, 0.05) is 43.6 Å². The molecule has 0 N–H and O–H groups in total. The molecule has 0 amide bonds. The summed E-state index contributed by atoms with van der Waals surface area (Å²) in [7, 11) is -3.15. The van der Waals surface area contributed by atoms with Crippen molar-refractivity contribution in [2.75, 3.05) is 26.3 Å². The van der Waals surface area contributed by atoms with E-state index in [1.54, 1.807) is 16.6 Å². The molecule has 1 aliphatic carbocycles. The Morgan fingerprint density at radius 3 is 2.58 bits per heavy atom. The summed E-state index contributed by atoms with van der Waals surface area (Å²) >= 11 is 0. The van der Waals surface area contributed by atoms with Crippen molar-refractivity contribution in [1.82, 2.24) is 18.8 Å². The van der Waals surface area contributed by atoms with Crippen molar-refractivity contribution in [3.8, 4) is 6.07 Å². The topological polar surface area (TPSA) is 101 Å². The molecular formula is C22H23N5O3S. The standard InChI is InChI=1S/C22H23N5O3S/c23-10-14-1-4-19-18(9-14)21-20(11-24-19)25-22(27(21)16-5-7-30-8-6-16)15-12-26(13-15)31(28,29)17-2-3-17/h1,4,9,11,15-17H,2-3,5-8,12-13H2. The molecule has 3 fully saturated rings. The summed E-state index contributed by atoms with van der Waals surface area (Å²) in [6.45, 7) is 2.37. The Bertz CT molecular complexity index is 1330. The van der Waals surface area contributed by atoms with Gasteiger partial charge in [0.05, 0.1) is 34.1 Å². The Hall–Kier alpha value is -2.54. The van der Waals surface area contributed by atoms with Crippen LogP contribution in [-0.4, -0.2) is 58.8 Å². The van der Waals surface area contributed by atoms with Crippen molar-refractivity contribution in [2.24, 2.45) is 0 Å². The van der Waals surface area contributed by atoms with Gasteiger partial charge in [-0.2, -0.15) is 5.26 Å². The zero-order valence-corrected chi connectivity index (χ0v) is 17.9. The van der Waals surface area contributed by atoms with Crippen molar-refractivity contribution < 1.29 is 13.2 Å². The van der Waals surface area contributed by atoms with E-state index in [1.165, 1.54) is 0 Å². The molecule has 160 valence electrons. The fourth-order valence-electron chi connectivity index (χ4n) is 4.85. The predicted molar refractivity (Wildman–Crippen MR) is 115 cm³/mol. The van der Waals surface area contributed by atoms with E-state index < -0.39 is 10.0 Å². The van der Waals surface area contributed by atoms with E-state index in [-0.39, 0.29) is 17.2 Å². The van der Waals surface area contributed by atoms with Crippen LogP contribution in [0.2, 0.25) is 0 Å². The number of fused-ring (bicyclic) bond motifs is 3. The van der Waals surface area contributed by atoms with E-state index >= 15 is 0 Å². The lowest BCUT2D eigenvalue weighted by Crippen LogP contribution is -2.50. The maximum Gasteiger partial charge on any atom is 0.217 e. The van der Waals surface area contributed by atoms with Crippen LogP contribution < -0.4 is 0 Å². The number of imidazole rings is 1. The fourth-order valence-corrected chi connectivity index (χ4v) is 6.78. The highest BCUT2D eigenvalue weighted by Gasteiger charge is 2.47. The molecule has 8 nitrogen and oxygen atoms in total. The summed E-state index contributed by atoms with van der Waals surface area (Å²) in [5.74, 6) is 0.999. The number of hydrogen-bond donors (Lipinski definition) is 0. The number of nitrogens with zero attached hydrogens (tertiary/aromatic N) is 5. The molecule has 2 saturated heterocycles. The third-order valence-corrected chi connectivity index (χ3v) is 9.08. The summed E-state index contributed by atoms with van der Waals surface area (Å²) in [5, 5.41) is 10.2. The molecule has 9 heteroatoms. The Kier molecular flexibility index (Phi) is 4.32. The van der Waals surface area contributed by atoms with Gasteiger partial charge in [-0.25, -0.2) is 17.7 Å². The van der Waals surface area contributed by atoms with Crippen LogP contribution >= 0.6 is 0 Å². The normalized spacial score (nSPS) is 21.4. The Morgan fingerprint density at radius 1 is 1.10 bits per heavy atom. The molecule has 2 aromatic heterocycles. The monoisotopic (exact) mass is 437 g/mol. The molecule has 1 saturated carbocycles.